The number of fused-ring (bicyclic) bond motifs is 1. The zero-order chi connectivity index (χ0) is 22.1. The molecule has 32 heavy (non-hydrogen) atoms. The average Bonchev–Trinajstić information content (AvgIpc) is 3.27. The molecule has 0 saturated carbocycles. The molecule has 4 heterocycles. The van der Waals surface area contributed by atoms with Crippen LogP contribution in [-0.2, 0) is 17.7 Å². The van der Waals surface area contributed by atoms with Crippen molar-refractivity contribution in [1.29, 1.82) is 0 Å². The van der Waals surface area contributed by atoms with Crippen LogP contribution in [0.4, 0.5) is 5.69 Å². The van der Waals surface area contributed by atoms with Crippen LogP contribution in [-0.4, -0.2) is 34.5 Å². The Morgan fingerprint density at radius 1 is 1.12 bits per heavy atom. The molecule has 1 saturated heterocycles. The van der Waals surface area contributed by atoms with Crippen LogP contribution < -0.4 is 4.90 Å². The SMILES string of the molecule is CC(c1c(Cl)cccc1Cl)N1CCCc2nnc(-c3ccn(CC4CCOCC4)c3)cc21. The lowest BCUT2D eigenvalue weighted by Gasteiger charge is -2.36. The molecule has 7 heteroatoms. The van der Waals surface area contributed by atoms with E-state index in [-0.39, 0.29) is 6.04 Å². The second-order valence-electron chi connectivity index (χ2n) is 8.82. The van der Waals surface area contributed by atoms with Crippen LogP contribution in [0.25, 0.3) is 11.3 Å². The first kappa shape index (κ1) is 21.7. The monoisotopic (exact) mass is 470 g/mol. The molecular formula is C25H28Cl2N4O. The van der Waals surface area contributed by atoms with Gasteiger partial charge in [0.1, 0.15) is 0 Å². The molecule has 2 aromatic heterocycles. The van der Waals surface area contributed by atoms with E-state index in [1.54, 1.807) is 0 Å². The number of hydrogen-bond acceptors (Lipinski definition) is 4. The highest BCUT2D eigenvalue weighted by Gasteiger charge is 2.27. The molecule has 2 aliphatic heterocycles. The smallest absolute Gasteiger partial charge is 0.0965 e. The molecule has 0 aliphatic carbocycles. The van der Waals surface area contributed by atoms with Crippen LogP contribution in [0.5, 0.6) is 0 Å². The minimum atomic E-state index is 0.0467. The standard InChI is InChI=1S/C25H28Cl2N4O/c1-17(25-20(26)4-2-5-21(25)27)31-10-3-6-22-24(31)14-23(29-28-22)19-7-11-30(16-19)15-18-8-12-32-13-9-18/h2,4-5,7,11,14,16-18H,3,6,8-10,12-13,15H2,1H3. The molecule has 0 spiro atoms. The van der Waals surface area contributed by atoms with Crippen molar-refractivity contribution in [3.05, 3.63) is 64.0 Å². The largest absolute Gasteiger partial charge is 0.381 e. The topological polar surface area (TPSA) is 43.2 Å². The van der Waals surface area contributed by atoms with Crippen LogP contribution in [0, 0.1) is 5.92 Å². The van der Waals surface area contributed by atoms with Crippen LogP contribution in [0.3, 0.4) is 0 Å². The van der Waals surface area contributed by atoms with Gasteiger partial charge in [-0.1, -0.05) is 29.3 Å². The summed E-state index contributed by atoms with van der Waals surface area (Å²) in [4.78, 5) is 2.36. The molecular weight excluding hydrogens is 443 g/mol. The van der Waals surface area contributed by atoms with Crippen molar-refractivity contribution in [2.24, 2.45) is 5.92 Å². The Kier molecular flexibility index (Phi) is 6.40. The second-order valence-corrected chi connectivity index (χ2v) is 9.64. The van der Waals surface area contributed by atoms with Gasteiger partial charge in [-0.25, -0.2) is 0 Å². The van der Waals surface area contributed by atoms with Crippen LogP contribution in [0.15, 0.2) is 42.7 Å². The third-order valence-electron chi connectivity index (χ3n) is 6.71. The number of rotatable bonds is 5. The minimum absolute atomic E-state index is 0.0467. The number of nitrogens with zero attached hydrogens (tertiary/aromatic N) is 4. The van der Waals surface area contributed by atoms with E-state index in [0.717, 1.165) is 80.2 Å². The number of benzene rings is 1. The summed E-state index contributed by atoms with van der Waals surface area (Å²) in [6.07, 6.45) is 8.57. The predicted octanol–water partition coefficient (Wildman–Crippen LogP) is 6.19. The number of aryl methyl sites for hydroxylation is 1. The highest BCUT2D eigenvalue weighted by molar-refractivity contribution is 6.36. The van der Waals surface area contributed by atoms with E-state index in [1.807, 2.05) is 18.2 Å². The van der Waals surface area contributed by atoms with Gasteiger partial charge in [0.2, 0.25) is 0 Å². The Morgan fingerprint density at radius 3 is 2.69 bits per heavy atom. The van der Waals surface area contributed by atoms with Crippen molar-refractivity contribution in [3.63, 3.8) is 0 Å². The van der Waals surface area contributed by atoms with Crippen molar-refractivity contribution in [3.8, 4) is 11.3 Å². The summed E-state index contributed by atoms with van der Waals surface area (Å²) in [5.41, 5.74) is 5.13. The maximum Gasteiger partial charge on any atom is 0.0965 e. The van der Waals surface area contributed by atoms with Gasteiger partial charge in [-0.05, 0) is 62.8 Å². The highest BCUT2D eigenvalue weighted by Crippen LogP contribution is 2.39. The summed E-state index contributed by atoms with van der Waals surface area (Å²) in [5.74, 6) is 0.676. The molecule has 168 valence electrons. The fraction of sp³-hybridized carbons (Fsp3) is 0.440. The average molecular weight is 471 g/mol. The Labute approximate surface area is 199 Å². The Morgan fingerprint density at radius 2 is 1.91 bits per heavy atom. The first-order valence-electron chi connectivity index (χ1n) is 11.4. The van der Waals surface area contributed by atoms with E-state index < -0.39 is 0 Å². The maximum absolute atomic E-state index is 6.53. The molecule has 0 radical (unpaired) electrons. The van der Waals surface area contributed by atoms with Gasteiger partial charge in [0.25, 0.3) is 0 Å². The number of anilines is 1. The number of hydrogen-bond donors (Lipinski definition) is 0. The summed E-state index contributed by atoms with van der Waals surface area (Å²) < 4.78 is 7.77. The fourth-order valence-corrected chi connectivity index (χ4v) is 5.63. The summed E-state index contributed by atoms with van der Waals surface area (Å²) in [6.45, 7) is 5.87. The van der Waals surface area contributed by atoms with Gasteiger partial charge < -0.3 is 14.2 Å². The van der Waals surface area contributed by atoms with Gasteiger partial charge in [-0.15, -0.1) is 0 Å². The minimum Gasteiger partial charge on any atom is -0.381 e. The second kappa shape index (κ2) is 9.42. The number of halogens is 2. The van der Waals surface area contributed by atoms with Crippen molar-refractivity contribution in [2.75, 3.05) is 24.7 Å². The first-order valence-corrected chi connectivity index (χ1v) is 12.2. The maximum atomic E-state index is 6.53. The summed E-state index contributed by atoms with van der Waals surface area (Å²) in [5, 5.41) is 10.6. The van der Waals surface area contributed by atoms with E-state index in [1.165, 1.54) is 0 Å². The van der Waals surface area contributed by atoms with Crippen LogP contribution >= 0.6 is 23.2 Å². The van der Waals surface area contributed by atoms with Gasteiger partial charge in [0.15, 0.2) is 0 Å². The van der Waals surface area contributed by atoms with Gasteiger partial charge in [-0.3, -0.25) is 0 Å². The van der Waals surface area contributed by atoms with E-state index in [4.69, 9.17) is 27.9 Å². The highest BCUT2D eigenvalue weighted by atomic mass is 35.5. The molecule has 5 rings (SSSR count). The van der Waals surface area contributed by atoms with E-state index in [2.05, 4.69) is 51.1 Å². The Hall–Kier alpha value is -2.08. The molecule has 0 bridgehead atoms. The third-order valence-corrected chi connectivity index (χ3v) is 7.37. The summed E-state index contributed by atoms with van der Waals surface area (Å²) in [7, 11) is 0. The van der Waals surface area contributed by atoms with E-state index in [9.17, 15) is 0 Å². The van der Waals surface area contributed by atoms with Crippen molar-refractivity contribution in [1.82, 2.24) is 14.8 Å². The lowest BCUT2D eigenvalue weighted by Crippen LogP contribution is -2.33. The summed E-state index contributed by atoms with van der Waals surface area (Å²) >= 11 is 13.1. The Balaban J connectivity index is 1.42. The lowest BCUT2D eigenvalue weighted by molar-refractivity contribution is 0.0613. The molecule has 1 unspecified atom stereocenters. The zero-order valence-corrected chi connectivity index (χ0v) is 19.8. The molecule has 3 aromatic rings. The predicted molar refractivity (Wildman–Crippen MR) is 130 cm³/mol. The van der Waals surface area contributed by atoms with Gasteiger partial charge in [0.05, 0.1) is 23.1 Å². The van der Waals surface area contributed by atoms with Gasteiger partial charge >= 0.3 is 0 Å². The fourth-order valence-electron chi connectivity index (χ4n) is 4.91. The van der Waals surface area contributed by atoms with E-state index >= 15 is 0 Å². The molecule has 1 atom stereocenters. The normalized spacial score (nSPS) is 17.9. The quantitative estimate of drug-likeness (QED) is 0.445. The zero-order valence-electron chi connectivity index (χ0n) is 18.3. The van der Waals surface area contributed by atoms with Crippen molar-refractivity contribution >= 4 is 28.9 Å². The molecule has 5 nitrogen and oxygen atoms in total. The lowest BCUT2D eigenvalue weighted by atomic mass is 10.0. The molecule has 2 aliphatic rings. The molecule has 0 amide bonds. The third kappa shape index (κ3) is 4.39. The summed E-state index contributed by atoms with van der Waals surface area (Å²) in [6, 6.07) is 10.1. The van der Waals surface area contributed by atoms with E-state index in [0.29, 0.717) is 16.0 Å². The van der Waals surface area contributed by atoms with Crippen LogP contribution in [0.2, 0.25) is 10.0 Å². The van der Waals surface area contributed by atoms with Gasteiger partial charge in [0, 0.05) is 59.9 Å². The molecule has 1 aromatic carbocycles. The Bertz CT molecular complexity index is 1070. The van der Waals surface area contributed by atoms with Crippen LogP contribution in [0.1, 0.15) is 43.5 Å². The first-order chi connectivity index (χ1) is 15.6. The molecule has 1 fully saturated rings. The molecule has 0 N–H and O–H groups in total. The van der Waals surface area contributed by atoms with Gasteiger partial charge in [-0.2, -0.15) is 10.2 Å². The van der Waals surface area contributed by atoms with Crippen molar-refractivity contribution < 1.29 is 4.74 Å². The number of aromatic nitrogens is 3. The number of ether oxygens (including phenoxy) is 1. The van der Waals surface area contributed by atoms with Crippen molar-refractivity contribution in [2.45, 2.75) is 45.2 Å².